The number of nitrogens with two attached hydrogens (primary N) is 1. The number of hydrogen-bond acceptors (Lipinski definition) is 5. The third-order valence-electron chi connectivity index (χ3n) is 2.56. The average molecular weight is 290 g/mol. The molecule has 2 aromatic rings. The van der Waals surface area contributed by atoms with E-state index in [9.17, 15) is 4.79 Å². The van der Waals surface area contributed by atoms with E-state index in [-0.39, 0.29) is 12.3 Å². The van der Waals surface area contributed by atoms with Gasteiger partial charge in [0, 0.05) is 5.56 Å². The molecule has 0 aliphatic rings. The highest BCUT2D eigenvalue weighted by molar-refractivity contribution is 7.07. The fraction of sp³-hybridized carbons (Fsp3) is 0.143. The minimum Gasteiger partial charge on any atom is -0.497 e. The van der Waals surface area contributed by atoms with Crippen molar-refractivity contribution in [1.82, 2.24) is 0 Å². The van der Waals surface area contributed by atoms with E-state index in [1.165, 1.54) is 11.3 Å². The van der Waals surface area contributed by atoms with Gasteiger partial charge in [0.1, 0.15) is 5.75 Å². The zero-order valence-electron chi connectivity index (χ0n) is 10.9. The van der Waals surface area contributed by atoms with E-state index in [4.69, 9.17) is 15.3 Å². The SMILES string of the molecule is COc1ccc(/C(N)=N/OC(=O)Cc2ccsc2)cc1. The number of hydrogen-bond donors (Lipinski definition) is 1. The third-order valence-corrected chi connectivity index (χ3v) is 3.29. The summed E-state index contributed by atoms with van der Waals surface area (Å²) in [6.07, 6.45) is 0.183. The second kappa shape index (κ2) is 6.72. The molecule has 0 fully saturated rings. The highest BCUT2D eigenvalue weighted by atomic mass is 32.1. The van der Waals surface area contributed by atoms with Gasteiger partial charge in [-0.05, 0) is 46.7 Å². The molecule has 0 saturated heterocycles. The van der Waals surface area contributed by atoms with Gasteiger partial charge in [0.15, 0.2) is 5.84 Å². The Morgan fingerprint density at radius 3 is 2.65 bits per heavy atom. The van der Waals surface area contributed by atoms with Crippen molar-refractivity contribution < 1.29 is 14.4 Å². The van der Waals surface area contributed by atoms with Crippen LogP contribution in [0.4, 0.5) is 0 Å². The molecule has 0 unspecified atom stereocenters. The van der Waals surface area contributed by atoms with Gasteiger partial charge in [-0.2, -0.15) is 11.3 Å². The summed E-state index contributed by atoms with van der Waals surface area (Å²) in [5, 5.41) is 7.42. The number of carbonyl (C=O) groups excluding carboxylic acids is 1. The molecule has 20 heavy (non-hydrogen) atoms. The zero-order chi connectivity index (χ0) is 14.4. The number of amidine groups is 1. The molecule has 6 heteroatoms. The van der Waals surface area contributed by atoms with Gasteiger partial charge in [-0.3, -0.25) is 0 Å². The number of carbonyl (C=O) groups is 1. The second-order valence-corrected chi connectivity index (χ2v) is 4.76. The van der Waals surface area contributed by atoms with Crippen molar-refractivity contribution >= 4 is 23.1 Å². The topological polar surface area (TPSA) is 73.9 Å². The van der Waals surface area contributed by atoms with Crippen molar-refractivity contribution in [1.29, 1.82) is 0 Å². The molecule has 0 spiro atoms. The van der Waals surface area contributed by atoms with Crippen molar-refractivity contribution in [2.45, 2.75) is 6.42 Å². The first kappa shape index (κ1) is 14.1. The predicted molar refractivity (Wildman–Crippen MR) is 77.8 cm³/mol. The van der Waals surface area contributed by atoms with Crippen molar-refractivity contribution in [3.8, 4) is 5.75 Å². The van der Waals surface area contributed by atoms with Gasteiger partial charge in [0.05, 0.1) is 13.5 Å². The van der Waals surface area contributed by atoms with E-state index >= 15 is 0 Å². The van der Waals surface area contributed by atoms with Crippen LogP contribution in [-0.2, 0) is 16.1 Å². The van der Waals surface area contributed by atoms with Crippen LogP contribution in [0.1, 0.15) is 11.1 Å². The average Bonchev–Trinajstić information content (AvgIpc) is 2.97. The standard InChI is InChI=1S/C14H14N2O3S/c1-18-12-4-2-11(3-5-12)14(15)16-19-13(17)8-10-6-7-20-9-10/h2-7,9H,8H2,1H3,(H2,15,16). The molecule has 2 N–H and O–H groups in total. The van der Waals surface area contributed by atoms with E-state index in [1.807, 2.05) is 16.8 Å². The highest BCUT2D eigenvalue weighted by Gasteiger charge is 2.06. The molecule has 0 bridgehead atoms. The van der Waals surface area contributed by atoms with E-state index in [2.05, 4.69) is 5.16 Å². The Kier molecular flexibility index (Phi) is 4.73. The highest BCUT2D eigenvalue weighted by Crippen LogP contribution is 2.11. The van der Waals surface area contributed by atoms with Crippen LogP contribution >= 0.6 is 11.3 Å². The quantitative estimate of drug-likeness (QED) is 0.396. The fourth-order valence-electron chi connectivity index (χ4n) is 1.51. The summed E-state index contributed by atoms with van der Waals surface area (Å²) < 4.78 is 5.04. The first-order valence-electron chi connectivity index (χ1n) is 5.88. The molecule has 0 radical (unpaired) electrons. The van der Waals surface area contributed by atoms with Crippen molar-refractivity contribution in [2.75, 3.05) is 7.11 Å². The van der Waals surface area contributed by atoms with E-state index < -0.39 is 5.97 Å². The largest absolute Gasteiger partial charge is 0.497 e. The maximum Gasteiger partial charge on any atom is 0.339 e. The molecule has 0 atom stereocenters. The zero-order valence-corrected chi connectivity index (χ0v) is 11.7. The molecular weight excluding hydrogens is 276 g/mol. The number of thiophene rings is 1. The number of nitrogens with zero attached hydrogens (tertiary/aromatic N) is 1. The van der Waals surface area contributed by atoms with Crippen LogP contribution in [0, 0.1) is 0 Å². The van der Waals surface area contributed by atoms with Gasteiger partial charge >= 0.3 is 5.97 Å². The van der Waals surface area contributed by atoms with Crippen molar-refractivity contribution in [2.24, 2.45) is 10.9 Å². The summed E-state index contributed by atoms with van der Waals surface area (Å²) in [4.78, 5) is 16.3. The predicted octanol–water partition coefficient (Wildman–Crippen LogP) is 2.16. The molecule has 5 nitrogen and oxygen atoms in total. The monoisotopic (exact) mass is 290 g/mol. The molecule has 0 aliphatic heterocycles. The lowest BCUT2D eigenvalue weighted by Gasteiger charge is -2.02. The minimum atomic E-state index is -0.445. The van der Waals surface area contributed by atoms with Crippen LogP contribution in [0.3, 0.4) is 0 Å². The van der Waals surface area contributed by atoms with Gasteiger partial charge in [-0.25, -0.2) is 4.79 Å². The number of oxime groups is 1. The van der Waals surface area contributed by atoms with E-state index in [1.54, 1.807) is 31.4 Å². The molecule has 0 amide bonds. The Hall–Kier alpha value is -2.34. The van der Waals surface area contributed by atoms with E-state index in [0.29, 0.717) is 5.56 Å². The molecule has 1 heterocycles. The van der Waals surface area contributed by atoms with Crippen molar-refractivity contribution in [3.05, 3.63) is 52.2 Å². The lowest BCUT2D eigenvalue weighted by Crippen LogP contribution is -2.15. The molecule has 104 valence electrons. The van der Waals surface area contributed by atoms with Gasteiger partial charge < -0.3 is 15.3 Å². The Bertz CT molecular complexity index is 591. The minimum absolute atomic E-state index is 0.145. The maximum absolute atomic E-state index is 11.5. The fourth-order valence-corrected chi connectivity index (χ4v) is 2.18. The molecule has 1 aromatic heterocycles. The van der Waals surface area contributed by atoms with E-state index in [0.717, 1.165) is 11.3 Å². The molecule has 2 rings (SSSR count). The first-order chi connectivity index (χ1) is 9.69. The van der Waals surface area contributed by atoms with Gasteiger partial charge in [-0.1, -0.05) is 5.16 Å². The maximum atomic E-state index is 11.5. The van der Waals surface area contributed by atoms with Gasteiger partial charge in [0.25, 0.3) is 0 Å². The van der Waals surface area contributed by atoms with Gasteiger partial charge in [-0.15, -0.1) is 0 Å². The number of ether oxygens (including phenoxy) is 1. The molecule has 1 aromatic carbocycles. The third kappa shape index (κ3) is 3.83. The summed E-state index contributed by atoms with van der Waals surface area (Å²) in [5.41, 5.74) is 7.30. The Morgan fingerprint density at radius 1 is 1.30 bits per heavy atom. The lowest BCUT2D eigenvalue weighted by atomic mass is 10.2. The van der Waals surface area contributed by atoms with Crippen molar-refractivity contribution in [3.63, 3.8) is 0 Å². The number of methoxy groups -OCH3 is 1. The van der Waals surface area contributed by atoms with Crippen LogP contribution in [0.15, 0.2) is 46.2 Å². The summed E-state index contributed by atoms with van der Waals surface area (Å²) >= 11 is 1.53. The smallest absolute Gasteiger partial charge is 0.339 e. The number of benzene rings is 1. The number of rotatable bonds is 5. The second-order valence-electron chi connectivity index (χ2n) is 3.98. The molecule has 0 saturated carbocycles. The summed E-state index contributed by atoms with van der Waals surface area (Å²) in [5.74, 6) is 0.419. The first-order valence-corrected chi connectivity index (χ1v) is 6.82. The Morgan fingerprint density at radius 2 is 2.05 bits per heavy atom. The van der Waals surface area contributed by atoms with Crippen LogP contribution in [-0.4, -0.2) is 18.9 Å². The normalized spacial score (nSPS) is 11.2. The summed E-state index contributed by atoms with van der Waals surface area (Å²) in [7, 11) is 1.58. The van der Waals surface area contributed by atoms with Crippen LogP contribution < -0.4 is 10.5 Å². The molecule has 0 aliphatic carbocycles. The van der Waals surface area contributed by atoms with Crippen LogP contribution in [0.25, 0.3) is 0 Å². The Labute approximate surface area is 120 Å². The summed E-state index contributed by atoms with van der Waals surface area (Å²) in [6, 6.07) is 8.85. The van der Waals surface area contributed by atoms with Crippen LogP contribution in [0.2, 0.25) is 0 Å². The Balaban J connectivity index is 1.94. The summed E-state index contributed by atoms with van der Waals surface area (Å²) in [6.45, 7) is 0. The van der Waals surface area contributed by atoms with Crippen LogP contribution in [0.5, 0.6) is 5.75 Å². The molecular formula is C14H14N2O3S. The lowest BCUT2D eigenvalue weighted by molar-refractivity contribution is -0.142. The van der Waals surface area contributed by atoms with Gasteiger partial charge in [0.2, 0.25) is 0 Å².